The molecular formula is C14H21FN2O. The molecule has 1 fully saturated rings. The van der Waals surface area contributed by atoms with Gasteiger partial charge in [-0.2, -0.15) is 0 Å². The minimum Gasteiger partial charge on any atom is -0.397 e. The van der Waals surface area contributed by atoms with Crippen molar-refractivity contribution in [2.45, 2.75) is 19.8 Å². The lowest BCUT2D eigenvalue weighted by molar-refractivity contribution is 0.0685. The lowest BCUT2D eigenvalue weighted by Gasteiger charge is -2.29. The van der Waals surface area contributed by atoms with Crippen LogP contribution in [0.2, 0.25) is 0 Å². The van der Waals surface area contributed by atoms with Crippen molar-refractivity contribution < 1.29 is 9.13 Å². The predicted octanol–water partition coefficient (Wildman–Crippen LogP) is 2.58. The largest absolute Gasteiger partial charge is 0.397 e. The first-order chi connectivity index (χ1) is 8.58. The van der Waals surface area contributed by atoms with Gasteiger partial charge in [0.25, 0.3) is 0 Å². The number of nitrogens with zero attached hydrogens (tertiary/aromatic N) is 1. The molecule has 100 valence electrons. The fourth-order valence-electron chi connectivity index (χ4n) is 2.43. The van der Waals surface area contributed by atoms with E-state index < -0.39 is 0 Å². The van der Waals surface area contributed by atoms with Crippen LogP contribution in [0.3, 0.4) is 0 Å². The molecule has 3 nitrogen and oxygen atoms in total. The Kier molecular flexibility index (Phi) is 4.07. The molecule has 0 spiro atoms. The minimum atomic E-state index is -0.240. The van der Waals surface area contributed by atoms with Crippen molar-refractivity contribution in [3.8, 4) is 0 Å². The molecule has 0 radical (unpaired) electrons. The Hall–Kier alpha value is -1.29. The van der Waals surface area contributed by atoms with E-state index in [1.165, 1.54) is 6.07 Å². The third kappa shape index (κ3) is 2.93. The van der Waals surface area contributed by atoms with E-state index in [1.807, 2.05) is 13.1 Å². The minimum absolute atomic E-state index is 0.240. The van der Waals surface area contributed by atoms with Crippen LogP contribution in [0.5, 0.6) is 0 Å². The van der Waals surface area contributed by atoms with E-state index in [-0.39, 0.29) is 5.82 Å². The maximum Gasteiger partial charge on any atom is 0.128 e. The molecular weight excluding hydrogens is 231 g/mol. The summed E-state index contributed by atoms with van der Waals surface area (Å²) in [5, 5.41) is 0. The van der Waals surface area contributed by atoms with Gasteiger partial charge in [-0.3, -0.25) is 0 Å². The summed E-state index contributed by atoms with van der Waals surface area (Å²) in [6.07, 6.45) is 2.18. The number of hydrogen-bond acceptors (Lipinski definition) is 3. The van der Waals surface area contributed by atoms with Crippen molar-refractivity contribution in [1.82, 2.24) is 0 Å². The summed E-state index contributed by atoms with van der Waals surface area (Å²) in [6, 6.07) is 3.23. The van der Waals surface area contributed by atoms with Crippen LogP contribution in [0, 0.1) is 18.7 Å². The summed E-state index contributed by atoms with van der Waals surface area (Å²) < 4.78 is 18.7. The monoisotopic (exact) mass is 252 g/mol. The van der Waals surface area contributed by atoms with Crippen LogP contribution in [0.25, 0.3) is 0 Å². The summed E-state index contributed by atoms with van der Waals surface area (Å²) in [4.78, 5) is 2.12. The average Bonchev–Trinajstić information content (AvgIpc) is 2.35. The number of benzene rings is 1. The molecule has 0 aliphatic carbocycles. The van der Waals surface area contributed by atoms with Gasteiger partial charge in [-0.05, 0) is 43.4 Å². The second-order valence-electron chi connectivity index (χ2n) is 5.10. The van der Waals surface area contributed by atoms with Crippen molar-refractivity contribution in [1.29, 1.82) is 0 Å². The van der Waals surface area contributed by atoms with Crippen LogP contribution in [-0.2, 0) is 4.74 Å². The van der Waals surface area contributed by atoms with Crippen molar-refractivity contribution in [3.63, 3.8) is 0 Å². The molecule has 18 heavy (non-hydrogen) atoms. The predicted molar refractivity (Wildman–Crippen MR) is 72.4 cm³/mol. The van der Waals surface area contributed by atoms with Gasteiger partial charge in [-0.15, -0.1) is 0 Å². The van der Waals surface area contributed by atoms with Crippen LogP contribution >= 0.6 is 0 Å². The van der Waals surface area contributed by atoms with Crippen molar-refractivity contribution in [3.05, 3.63) is 23.5 Å². The van der Waals surface area contributed by atoms with Gasteiger partial charge in [0.15, 0.2) is 0 Å². The van der Waals surface area contributed by atoms with Gasteiger partial charge in [0.1, 0.15) is 5.82 Å². The number of rotatable bonds is 3. The summed E-state index contributed by atoms with van der Waals surface area (Å²) >= 11 is 0. The first kappa shape index (κ1) is 13.1. The van der Waals surface area contributed by atoms with Gasteiger partial charge >= 0.3 is 0 Å². The molecule has 1 aromatic carbocycles. The molecule has 0 aromatic heterocycles. The zero-order chi connectivity index (χ0) is 13.1. The topological polar surface area (TPSA) is 38.5 Å². The maximum atomic E-state index is 13.4. The highest BCUT2D eigenvalue weighted by Gasteiger charge is 2.17. The molecule has 1 saturated heterocycles. The van der Waals surface area contributed by atoms with E-state index in [9.17, 15) is 4.39 Å². The van der Waals surface area contributed by atoms with E-state index in [0.29, 0.717) is 17.2 Å². The normalized spacial score (nSPS) is 16.8. The summed E-state index contributed by atoms with van der Waals surface area (Å²) in [5.41, 5.74) is 7.95. The highest BCUT2D eigenvalue weighted by Crippen LogP contribution is 2.27. The lowest BCUT2D eigenvalue weighted by atomic mass is 9.99. The fraction of sp³-hybridized carbons (Fsp3) is 0.571. The molecule has 4 heteroatoms. The fourth-order valence-corrected chi connectivity index (χ4v) is 2.43. The average molecular weight is 252 g/mol. The van der Waals surface area contributed by atoms with Gasteiger partial charge in [0.05, 0.1) is 11.4 Å². The third-order valence-corrected chi connectivity index (χ3v) is 3.59. The van der Waals surface area contributed by atoms with E-state index in [2.05, 4.69) is 4.90 Å². The molecule has 2 rings (SSSR count). The van der Waals surface area contributed by atoms with E-state index >= 15 is 0 Å². The van der Waals surface area contributed by atoms with Crippen LogP contribution in [0.1, 0.15) is 18.4 Å². The molecule has 2 N–H and O–H groups in total. The molecule has 1 aliphatic heterocycles. The van der Waals surface area contributed by atoms with E-state index in [1.54, 1.807) is 6.92 Å². The van der Waals surface area contributed by atoms with Crippen molar-refractivity contribution >= 4 is 11.4 Å². The number of nitrogen functional groups attached to an aromatic ring is 1. The first-order valence-electron chi connectivity index (χ1n) is 6.42. The van der Waals surface area contributed by atoms with Gasteiger partial charge in [-0.25, -0.2) is 4.39 Å². The Balaban J connectivity index is 2.08. The number of hydrogen-bond donors (Lipinski definition) is 1. The number of anilines is 2. The van der Waals surface area contributed by atoms with Gasteiger partial charge in [0.2, 0.25) is 0 Å². The Morgan fingerprint density at radius 3 is 2.72 bits per heavy atom. The number of ether oxygens (including phenoxy) is 1. The van der Waals surface area contributed by atoms with Crippen LogP contribution < -0.4 is 10.6 Å². The smallest absolute Gasteiger partial charge is 0.128 e. The molecule has 1 heterocycles. The molecule has 0 saturated carbocycles. The van der Waals surface area contributed by atoms with E-state index in [4.69, 9.17) is 10.5 Å². The zero-order valence-electron chi connectivity index (χ0n) is 11.1. The first-order valence-corrected chi connectivity index (χ1v) is 6.42. The molecule has 1 aromatic rings. The summed E-state index contributed by atoms with van der Waals surface area (Å²) in [5.74, 6) is 0.393. The van der Waals surface area contributed by atoms with Gasteiger partial charge in [-0.1, -0.05) is 0 Å². The highest BCUT2D eigenvalue weighted by molar-refractivity contribution is 5.68. The number of halogens is 1. The number of aryl methyl sites for hydroxylation is 1. The summed E-state index contributed by atoms with van der Waals surface area (Å²) in [6.45, 7) is 4.39. The molecule has 0 unspecified atom stereocenters. The number of nitrogens with two attached hydrogens (primary N) is 1. The Bertz CT molecular complexity index is 417. The van der Waals surface area contributed by atoms with Crippen LogP contribution in [0.15, 0.2) is 12.1 Å². The highest BCUT2D eigenvalue weighted by atomic mass is 19.1. The maximum absolute atomic E-state index is 13.4. The molecule has 0 amide bonds. The second-order valence-corrected chi connectivity index (χ2v) is 5.10. The van der Waals surface area contributed by atoms with E-state index in [0.717, 1.165) is 38.3 Å². The quantitative estimate of drug-likeness (QED) is 0.840. The van der Waals surface area contributed by atoms with Crippen molar-refractivity contribution in [2.75, 3.05) is 37.4 Å². The molecule has 0 atom stereocenters. The second kappa shape index (κ2) is 5.57. The zero-order valence-corrected chi connectivity index (χ0v) is 11.1. The van der Waals surface area contributed by atoms with Crippen LogP contribution in [0.4, 0.5) is 15.8 Å². The Labute approximate surface area is 108 Å². The molecule has 0 bridgehead atoms. The third-order valence-electron chi connectivity index (χ3n) is 3.59. The Morgan fingerprint density at radius 2 is 2.06 bits per heavy atom. The molecule has 1 aliphatic rings. The SMILES string of the molecule is Cc1cc(N(C)CC2CCOCC2)c(N)cc1F. The lowest BCUT2D eigenvalue weighted by Crippen LogP contribution is -2.30. The standard InChI is InChI=1S/C14H21FN2O/c1-10-7-14(13(16)8-12(10)15)17(2)9-11-3-5-18-6-4-11/h7-8,11H,3-6,9,16H2,1-2H3. The van der Waals surface area contributed by atoms with Gasteiger partial charge < -0.3 is 15.4 Å². The van der Waals surface area contributed by atoms with Crippen LogP contribution in [-0.4, -0.2) is 26.8 Å². The van der Waals surface area contributed by atoms with Gasteiger partial charge in [0, 0.05) is 26.8 Å². The summed E-state index contributed by atoms with van der Waals surface area (Å²) in [7, 11) is 2.01. The Morgan fingerprint density at radius 1 is 1.39 bits per heavy atom. The van der Waals surface area contributed by atoms with Crippen molar-refractivity contribution in [2.24, 2.45) is 5.92 Å².